The number of benzene rings is 2. The van der Waals surface area contributed by atoms with Crippen molar-refractivity contribution in [3.05, 3.63) is 66.1 Å². The minimum atomic E-state index is -0.457. The lowest BCUT2D eigenvalue weighted by molar-refractivity contribution is 0.198. The van der Waals surface area contributed by atoms with E-state index in [0.717, 1.165) is 11.3 Å². The summed E-state index contributed by atoms with van der Waals surface area (Å²) < 4.78 is 5.45. The summed E-state index contributed by atoms with van der Waals surface area (Å²) in [5.41, 5.74) is 3.23. The monoisotopic (exact) mass is 351 g/mol. The normalized spacial score (nSPS) is 12.3. The number of rotatable bonds is 7. The molecule has 3 rings (SSSR count). The standard InChI is InChI=1S/C21H25N3O2/c1-15(2)17-9-11-18(12-10-17)21-22-20(26-23-21)14-24(13-16(3)25)19-7-5-4-6-8-19/h4-12,15-16,25H,13-14H2,1-3H3. The molecule has 1 heterocycles. The Labute approximate surface area is 154 Å². The molecule has 0 bridgehead atoms. The second-order valence-corrected chi connectivity index (χ2v) is 6.85. The Morgan fingerprint density at radius 3 is 2.31 bits per heavy atom. The molecule has 0 saturated heterocycles. The third-order valence-corrected chi connectivity index (χ3v) is 4.24. The van der Waals surface area contributed by atoms with Crippen molar-refractivity contribution in [1.29, 1.82) is 0 Å². The van der Waals surface area contributed by atoms with E-state index in [1.807, 2.05) is 47.4 Å². The van der Waals surface area contributed by atoms with E-state index in [0.29, 0.717) is 30.7 Å². The molecule has 1 atom stereocenters. The Morgan fingerprint density at radius 1 is 1.00 bits per heavy atom. The molecule has 0 aliphatic heterocycles. The summed E-state index contributed by atoms with van der Waals surface area (Å²) in [4.78, 5) is 6.56. The molecule has 5 nitrogen and oxygen atoms in total. The fourth-order valence-electron chi connectivity index (χ4n) is 2.84. The minimum Gasteiger partial charge on any atom is -0.392 e. The first kappa shape index (κ1) is 18.1. The van der Waals surface area contributed by atoms with E-state index in [2.05, 4.69) is 36.1 Å². The van der Waals surface area contributed by atoms with Crippen molar-refractivity contribution in [3.63, 3.8) is 0 Å². The highest BCUT2D eigenvalue weighted by atomic mass is 16.5. The largest absolute Gasteiger partial charge is 0.392 e. The van der Waals surface area contributed by atoms with Crippen molar-refractivity contribution < 1.29 is 9.63 Å². The highest BCUT2D eigenvalue weighted by Gasteiger charge is 2.15. The fourth-order valence-corrected chi connectivity index (χ4v) is 2.84. The summed E-state index contributed by atoms with van der Waals surface area (Å²) in [5, 5.41) is 13.9. The van der Waals surface area contributed by atoms with Gasteiger partial charge in [0.15, 0.2) is 0 Å². The number of hydrogen-bond donors (Lipinski definition) is 1. The van der Waals surface area contributed by atoms with Crippen LogP contribution in [0.4, 0.5) is 5.69 Å². The molecule has 0 aliphatic carbocycles. The SMILES string of the molecule is CC(O)CN(Cc1nc(-c2ccc(C(C)C)cc2)no1)c1ccccc1. The molecule has 1 aromatic heterocycles. The van der Waals surface area contributed by atoms with Crippen LogP contribution < -0.4 is 4.90 Å². The van der Waals surface area contributed by atoms with Crippen LogP contribution in [0.25, 0.3) is 11.4 Å². The molecule has 2 aromatic carbocycles. The summed E-state index contributed by atoms with van der Waals surface area (Å²) >= 11 is 0. The van der Waals surface area contributed by atoms with Crippen molar-refractivity contribution in [2.45, 2.75) is 39.3 Å². The maximum atomic E-state index is 9.81. The van der Waals surface area contributed by atoms with Crippen LogP contribution in [0.3, 0.4) is 0 Å². The van der Waals surface area contributed by atoms with Gasteiger partial charge in [0.2, 0.25) is 11.7 Å². The van der Waals surface area contributed by atoms with Crippen LogP contribution in [0.1, 0.15) is 38.1 Å². The molecule has 0 saturated carbocycles. The first-order valence-corrected chi connectivity index (χ1v) is 8.94. The Kier molecular flexibility index (Phi) is 5.68. The van der Waals surface area contributed by atoms with E-state index in [-0.39, 0.29) is 0 Å². The summed E-state index contributed by atoms with van der Waals surface area (Å²) in [6.45, 7) is 7.05. The first-order chi connectivity index (χ1) is 12.5. The van der Waals surface area contributed by atoms with E-state index in [4.69, 9.17) is 4.52 Å². The molecular formula is C21H25N3O2. The second-order valence-electron chi connectivity index (χ2n) is 6.85. The highest BCUT2D eigenvalue weighted by Crippen LogP contribution is 2.22. The van der Waals surface area contributed by atoms with E-state index in [9.17, 15) is 5.11 Å². The van der Waals surface area contributed by atoms with Crippen LogP contribution in [-0.4, -0.2) is 27.9 Å². The van der Waals surface area contributed by atoms with Gasteiger partial charge in [0, 0.05) is 17.8 Å². The van der Waals surface area contributed by atoms with Crippen LogP contribution in [0, 0.1) is 0 Å². The zero-order valence-electron chi connectivity index (χ0n) is 15.5. The molecule has 0 radical (unpaired) electrons. The van der Waals surface area contributed by atoms with Gasteiger partial charge in [0.1, 0.15) is 0 Å². The van der Waals surface area contributed by atoms with E-state index in [1.54, 1.807) is 6.92 Å². The van der Waals surface area contributed by atoms with Crippen LogP contribution in [0.5, 0.6) is 0 Å². The zero-order chi connectivity index (χ0) is 18.5. The molecule has 0 aliphatic rings. The number of nitrogens with zero attached hydrogens (tertiary/aromatic N) is 3. The average molecular weight is 351 g/mol. The van der Waals surface area contributed by atoms with Crippen molar-refractivity contribution in [2.75, 3.05) is 11.4 Å². The van der Waals surface area contributed by atoms with Crippen LogP contribution in [0.15, 0.2) is 59.1 Å². The van der Waals surface area contributed by atoms with Gasteiger partial charge in [-0.05, 0) is 30.5 Å². The van der Waals surface area contributed by atoms with Gasteiger partial charge in [-0.15, -0.1) is 0 Å². The van der Waals surface area contributed by atoms with E-state index < -0.39 is 6.10 Å². The van der Waals surface area contributed by atoms with Crippen LogP contribution >= 0.6 is 0 Å². The Balaban J connectivity index is 1.77. The molecular weight excluding hydrogens is 326 g/mol. The lowest BCUT2D eigenvalue weighted by atomic mass is 10.0. The van der Waals surface area contributed by atoms with Crippen LogP contribution in [-0.2, 0) is 6.54 Å². The fraction of sp³-hybridized carbons (Fsp3) is 0.333. The molecule has 3 aromatic rings. The Bertz CT molecular complexity index is 811. The molecule has 0 fully saturated rings. The quantitative estimate of drug-likeness (QED) is 0.689. The average Bonchev–Trinajstić information content (AvgIpc) is 3.10. The first-order valence-electron chi connectivity index (χ1n) is 8.94. The predicted octanol–water partition coefficient (Wildman–Crippen LogP) is 4.25. The van der Waals surface area contributed by atoms with Crippen molar-refractivity contribution in [3.8, 4) is 11.4 Å². The van der Waals surface area contributed by atoms with Crippen molar-refractivity contribution in [2.24, 2.45) is 0 Å². The number of anilines is 1. The summed E-state index contributed by atoms with van der Waals surface area (Å²) in [6.07, 6.45) is -0.457. The Hall–Kier alpha value is -2.66. The molecule has 136 valence electrons. The van der Waals surface area contributed by atoms with Gasteiger partial charge in [-0.2, -0.15) is 4.98 Å². The lowest BCUT2D eigenvalue weighted by Crippen LogP contribution is -2.30. The maximum absolute atomic E-state index is 9.81. The van der Waals surface area contributed by atoms with E-state index >= 15 is 0 Å². The van der Waals surface area contributed by atoms with Gasteiger partial charge in [-0.25, -0.2) is 0 Å². The molecule has 26 heavy (non-hydrogen) atoms. The number of hydrogen-bond acceptors (Lipinski definition) is 5. The molecule has 1 unspecified atom stereocenters. The second kappa shape index (κ2) is 8.15. The number of aliphatic hydroxyl groups excluding tert-OH is 1. The topological polar surface area (TPSA) is 62.4 Å². The van der Waals surface area contributed by atoms with Gasteiger partial charge >= 0.3 is 0 Å². The number of aliphatic hydroxyl groups is 1. The number of aromatic nitrogens is 2. The van der Waals surface area contributed by atoms with Crippen LogP contribution in [0.2, 0.25) is 0 Å². The minimum absolute atomic E-state index is 0.450. The lowest BCUT2D eigenvalue weighted by Gasteiger charge is -2.24. The predicted molar refractivity (Wildman–Crippen MR) is 103 cm³/mol. The molecule has 1 N–H and O–H groups in total. The van der Waals surface area contributed by atoms with Gasteiger partial charge < -0.3 is 14.5 Å². The van der Waals surface area contributed by atoms with E-state index in [1.165, 1.54) is 5.56 Å². The molecule has 0 amide bonds. The Morgan fingerprint density at radius 2 is 1.69 bits per heavy atom. The highest BCUT2D eigenvalue weighted by molar-refractivity contribution is 5.55. The van der Waals surface area contributed by atoms with Gasteiger partial charge in [0.25, 0.3) is 0 Å². The van der Waals surface area contributed by atoms with Gasteiger partial charge in [-0.1, -0.05) is 61.5 Å². The van der Waals surface area contributed by atoms with Gasteiger partial charge in [-0.3, -0.25) is 0 Å². The van der Waals surface area contributed by atoms with Crippen molar-refractivity contribution in [1.82, 2.24) is 10.1 Å². The summed E-state index contributed by atoms with van der Waals surface area (Å²) in [5.74, 6) is 1.60. The molecule has 0 spiro atoms. The smallest absolute Gasteiger partial charge is 0.246 e. The number of para-hydroxylation sites is 1. The van der Waals surface area contributed by atoms with Gasteiger partial charge in [0.05, 0.1) is 12.6 Å². The summed E-state index contributed by atoms with van der Waals surface area (Å²) in [6, 6.07) is 18.2. The molecule has 5 heteroatoms. The zero-order valence-corrected chi connectivity index (χ0v) is 15.5. The third kappa shape index (κ3) is 4.49. The summed E-state index contributed by atoms with van der Waals surface area (Å²) in [7, 11) is 0. The third-order valence-electron chi connectivity index (χ3n) is 4.24. The maximum Gasteiger partial charge on any atom is 0.246 e. The van der Waals surface area contributed by atoms with Crippen molar-refractivity contribution >= 4 is 5.69 Å².